The van der Waals surface area contributed by atoms with Gasteiger partial charge in [-0.1, -0.05) is 6.07 Å². The smallest absolute Gasteiger partial charge is 0.265 e. The Hall–Kier alpha value is -0.940. The van der Waals surface area contributed by atoms with E-state index in [0.29, 0.717) is 5.56 Å². The molecule has 0 aliphatic carbocycles. The Bertz CT molecular complexity index is 453. The molecule has 4 nitrogen and oxygen atoms in total. The van der Waals surface area contributed by atoms with Crippen molar-refractivity contribution in [2.45, 2.75) is 11.8 Å². The van der Waals surface area contributed by atoms with Gasteiger partial charge in [-0.2, -0.15) is 0 Å². The number of phenolic OH excluding ortho intramolecular Hbond substituents is 1. The fourth-order valence-corrected chi connectivity index (χ4v) is 2.49. The molecule has 1 rings (SSSR count). The van der Waals surface area contributed by atoms with E-state index in [1.165, 1.54) is 26.2 Å². The lowest BCUT2D eigenvalue weighted by Crippen LogP contribution is -1.97. The summed E-state index contributed by atoms with van der Waals surface area (Å²) in [5.74, 6) is -0.377. The molecule has 78 valence electrons. The maximum absolute atomic E-state index is 11.1. The van der Waals surface area contributed by atoms with Crippen LogP contribution in [-0.4, -0.2) is 20.6 Å². The number of hydrogen-bond donors (Lipinski definition) is 1. The molecule has 0 fully saturated rings. The predicted molar refractivity (Wildman–Crippen MR) is 52.4 cm³/mol. The first-order valence-corrected chi connectivity index (χ1v) is 6.00. The van der Waals surface area contributed by atoms with Crippen LogP contribution in [0, 0.1) is 6.92 Å². The predicted octanol–water partition coefficient (Wildman–Crippen LogP) is 1.64. The van der Waals surface area contributed by atoms with Gasteiger partial charge in [0, 0.05) is 10.7 Å². The van der Waals surface area contributed by atoms with Crippen molar-refractivity contribution in [1.29, 1.82) is 0 Å². The second kappa shape index (κ2) is 3.67. The standard InChI is InChI=1S/C8H9ClO4S/c1-5-3-4-6(13-2)7(10)8(5)14(9,11)12/h3-4,10H,1-2H3. The number of halogens is 1. The molecular weight excluding hydrogens is 228 g/mol. The molecule has 0 saturated carbocycles. The Balaban J connectivity index is 3.57. The average Bonchev–Trinajstić information content (AvgIpc) is 2.02. The molecule has 0 aliphatic heterocycles. The Labute approximate surface area is 86.5 Å². The zero-order chi connectivity index (χ0) is 10.9. The van der Waals surface area contributed by atoms with E-state index in [2.05, 4.69) is 0 Å². The van der Waals surface area contributed by atoms with Crippen LogP contribution in [-0.2, 0) is 9.05 Å². The van der Waals surface area contributed by atoms with E-state index in [9.17, 15) is 13.5 Å². The topological polar surface area (TPSA) is 63.6 Å². The number of methoxy groups -OCH3 is 1. The molecule has 0 bridgehead atoms. The van der Waals surface area contributed by atoms with Gasteiger partial charge in [0.25, 0.3) is 9.05 Å². The molecular formula is C8H9ClO4S. The van der Waals surface area contributed by atoms with Crippen LogP contribution in [0.4, 0.5) is 0 Å². The fraction of sp³-hybridized carbons (Fsp3) is 0.250. The van der Waals surface area contributed by atoms with Gasteiger partial charge in [-0.3, -0.25) is 0 Å². The van der Waals surface area contributed by atoms with Crippen LogP contribution in [0.25, 0.3) is 0 Å². The Morgan fingerprint density at radius 2 is 2.00 bits per heavy atom. The maximum Gasteiger partial charge on any atom is 0.265 e. The van der Waals surface area contributed by atoms with E-state index >= 15 is 0 Å². The first-order valence-electron chi connectivity index (χ1n) is 3.69. The molecule has 6 heteroatoms. The van der Waals surface area contributed by atoms with Gasteiger partial charge >= 0.3 is 0 Å². The minimum atomic E-state index is -3.95. The summed E-state index contributed by atoms with van der Waals surface area (Å²) in [5.41, 5.74) is 0.373. The van der Waals surface area contributed by atoms with Crippen molar-refractivity contribution >= 4 is 19.7 Å². The van der Waals surface area contributed by atoms with Crippen molar-refractivity contribution < 1.29 is 18.3 Å². The summed E-state index contributed by atoms with van der Waals surface area (Å²) >= 11 is 0. The normalized spacial score (nSPS) is 11.4. The van der Waals surface area contributed by atoms with Crippen molar-refractivity contribution in [3.63, 3.8) is 0 Å². The van der Waals surface area contributed by atoms with E-state index < -0.39 is 14.8 Å². The molecule has 0 spiro atoms. The second-order valence-electron chi connectivity index (χ2n) is 2.70. The van der Waals surface area contributed by atoms with E-state index in [4.69, 9.17) is 15.4 Å². The molecule has 1 N–H and O–H groups in total. The van der Waals surface area contributed by atoms with Crippen LogP contribution in [0.5, 0.6) is 11.5 Å². The maximum atomic E-state index is 11.1. The molecule has 0 unspecified atom stereocenters. The molecule has 0 amide bonds. The van der Waals surface area contributed by atoms with Crippen LogP contribution < -0.4 is 4.74 Å². The third kappa shape index (κ3) is 1.93. The Morgan fingerprint density at radius 3 is 2.43 bits per heavy atom. The SMILES string of the molecule is COc1ccc(C)c(S(=O)(=O)Cl)c1O. The summed E-state index contributed by atoms with van der Waals surface area (Å²) in [6, 6.07) is 2.98. The van der Waals surface area contributed by atoms with Crippen molar-refractivity contribution in [2.75, 3.05) is 7.11 Å². The number of aromatic hydroxyl groups is 1. The van der Waals surface area contributed by atoms with E-state index in [1.807, 2.05) is 0 Å². The van der Waals surface area contributed by atoms with Gasteiger partial charge in [0.15, 0.2) is 11.5 Å². The third-order valence-corrected chi connectivity index (χ3v) is 3.22. The van der Waals surface area contributed by atoms with E-state index in [1.54, 1.807) is 0 Å². The van der Waals surface area contributed by atoms with E-state index in [0.717, 1.165) is 0 Å². The van der Waals surface area contributed by atoms with Gasteiger partial charge in [0.1, 0.15) is 4.90 Å². The molecule has 14 heavy (non-hydrogen) atoms. The summed E-state index contributed by atoms with van der Waals surface area (Å²) < 4.78 is 26.9. The van der Waals surface area contributed by atoms with Crippen molar-refractivity contribution in [1.82, 2.24) is 0 Å². The molecule has 0 heterocycles. The number of rotatable bonds is 2. The molecule has 0 saturated heterocycles. The van der Waals surface area contributed by atoms with Gasteiger partial charge in [-0.15, -0.1) is 0 Å². The zero-order valence-electron chi connectivity index (χ0n) is 7.61. The van der Waals surface area contributed by atoms with Crippen molar-refractivity contribution in [3.8, 4) is 11.5 Å². The lowest BCUT2D eigenvalue weighted by Gasteiger charge is -2.08. The first-order chi connectivity index (χ1) is 6.38. The van der Waals surface area contributed by atoms with Crippen LogP contribution in [0.15, 0.2) is 17.0 Å². The molecule has 0 atom stereocenters. The number of ether oxygens (including phenoxy) is 1. The monoisotopic (exact) mass is 236 g/mol. The Kier molecular flexibility index (Phi) is 2.92. The highest BCUT2D eigenvalue weighted by Crippen LogP contribution is 2.36. The molecule has 0 aliphatic rings. The van der Waals surface area contributed by atoms with Gasteiger partial charge in [-0.05, 0) is 18.6 Å². The summed E-state index contributed by atoms with van der Waals surface area (Å²) in [6.45, 7) is 1.54. The van der Waals surface area contributed by atoms with Crippen LogP contribution >= 0.6 is 10.7 Å². The average molecular weight is 237 g/mol. The summed E-state index contributed by atoms with van der Waals surface area (Å²) in [4.78, 5) is -0.307. The van der Waals surface area contributed by atoms with Crippen LogP contribution in [0.2, 0.25) is 0 Å². The molecule has 0 aromatic heterocycles. The molecule has 0 radical (unpaired) electrons. The first kappa shape index (κ1) is 11.1. The summed E-state index contributed by atoms with van der Waals surface area (Å²) in [6.07, 6.45) is 0. The van der Waals surface area contributed by atoms with Crippen molar-refractivity contribution in [3.05, 3.63) is 17.7 Å². The zero-order valence-corrected chi connectivity index (χ0v) is 9.19. The minimum absolute atomic E-state index is 0.0785. The van der Waals surface area contributed by atoms with Crippen molar-refractivity contribution in [2.24, 2.45) is 0 Å². The number of hydrogen-bond acceptors (Lipinski definition) is 4. The third-order valence-electron chi connectivity index (χ3n) is 1.76. The largest absolute Gasteiger partial charge is 0.503 e. The quantitative estimate of drug-likeness (QED) is 0.793. The summed E-state index contributed by atoms with van der Waals surface area (Å²) in [5, 5.41) is 9.52. The lowest BCUT2D eigenvalue weighted by atomic mass is 10.2. The van der Waals surface area contributed by atoms with E-state index in [-0.39, 0.29) is 10.6 Å². The van der Waals surface area contributed by atoms with Gasteiger partial charge in [0.05, 0.1) is 7.11 Å². The van der Waals surface area contributed by atoms with Crippen LogP contribution in [0.3, 0.4) is 0 Å². The molecule has 1 aromatic carbocycles. The Morgan fingerprint density at radius 1 is 1.43 bits per heavy atom. The lowest BCUT2D eigenvalue weighted by molar-refractivity contribution is 0.366. The number of benzene rings is 1. The second-order valence-corrected chi connectivity index (χ2v) is 5.20. The highest BCUT2D eigenvalue weighted by Gasteiger charge is 2.21. The molecule has 1 aromatic rings. The van der Waals surface area contributed by atoms with Crippen LogP contribution in [0.1, 0.15) is 5.56 Å². The van der Waals surface area contributed by atoms with Gasteiger partial charge in [-0.25, -0.2) is 8.42 Å². The minimum Gasteiger partial charge on any atom is -0.503 e. The summed E-state index contributed by atoms with van der Waals surface area (Å²) in [7, 11) is 2.53. The highest BCUT2D eigenvalue weighted by molar-refractivity contribution is 8.13. The number of phenols is 1. The fourth-order valence-electron chi connectivity index (χ4n) is 1.13. The van der Waals surface area contributed by atoms with Gasteiger partial charge < -0.3 is 9.84 Å². The number of aryl methyl sites for hydroxylation is 1. The highest BCUT2D eigenvalue weighted by atomic mass is 35.7. The van der Waals surface area contributed by atoms with Gasteiger partial charge in [0.2, 0.25) is 0 Å².